The second kappa shape index (κ2) is 10.6. The highest BCUT2D eigenvalue weighted by molar-refractivity contribution is 8.11. The summed E-state index contributed by atoms with van der Waals surface area (Å²) in [6, 6.07) is 9.80. The third-order valence-electron chi connectivity index (χ3n) is 5.77. The lowest BCUT2D eigenvalue weighted by atomic mass is 10.1. The average molecular weight is 476 g/mol. The zero-order chi connectivity index (χ0) is 24.1. The van der Waals surface area contributed by atoms with Crippen LogP contribution >= 0.6 is 11.8 Å². The third kappa shape index (κ3) is 5.34. The number of carbonyl (C=O) groups excluding carboxylic acids is 1. The predicted molar refractivity (Wildman–Crippen MR) is 140 cm³/mol. The number of fused-ring (bicyclic) bond motifs is 1. The van der Waals surface area contributed by atoms with Crippen molar-refractivity contribution in [2.24, 2.45) is 0 Å². The van der Waals surface area contributed by atoms with E-state index in [1.165, 1.54) is 11.0 Å². The number of rotatable bonds is 8. The normalized spacial score (nSPS) is 16.4. The number of aromatic nitrogens is 3. The van der Waals surface area contributed by atoms with Crippen LogP contribution in [0.2, 0.25) is 0 Å². The van der Waals surface area contributed by atoms with Gasteiger partial charge in [0.05, 0.1) is 0 Å². The van der Waals surface area contributed by atoms with E-state index in [-0.39, 0.29) is 11.9 Å². The first-order valence-electron chi connectivity index (χ1n) is 11.3. The summed E-state index contributed by atoms with van der Waals surface area (Å²) in [5.74, 6) is 1.99. The number of likely N-dealkylation sites (tertiary alicyclic amines) is 1. The first-order chi connectivity index (χ1) is 16.5. The van der Waals surface area contributed by atoms with Gasteiger partial charge in [-0.25, -0.2) is 4.98 Å². The number of piperidine rings is 1. The minimum Gasteiger partial charge on any atom is -0.456 e. The van der Waals surface area contributed by atoms with Crippen LogP contribution in [0.3, 0.4) is 0 Å². The maximum atomic E-state index is 12.0. The maximum absolute atomic E-state index is 12.0. The van der Waals surface area contributed by atoms with Gasteiger partial charge in [0.15, 0.2) is 11.5 Å². The van der Waals surface area contributed by atoms with Crippen LogP contribution in [0.1, 0.15) is 32.3 Å². The molecule has 0 spiro atoms. The molecule has 2 aromatic heterocycles. The van der Waals surface area contributed by atoms with Gasteiger partial charge in [0.1, 0.15) is 16.9 Å². The number of nitrogens with zero attached hydrogens (tertiary/aromatic N) is 3. The average Bonchev–Trinajstić information content (AvgIpc) is 3.27. The van der Waals surface area contributed by atoms with Crippen molar-refractivity contribution >= 4 is 39.4 Å². The van der Waals surface area contributed by atoms with Crippen molar-refractivity contribution in [1.29, 1.82) is 0 Å². The molecule has 8 heteroatoms. The monoisotopic (exact) mass is 475 g/mol. The quantitative estimate of drug-likeness (QED) is 0.391. The van der Waals surface area contributed by atoms with Gasteiger partial charge < -0.3 is 15.0 Å². The fourth-order valence-corrected chi connectivity index (χ4v) is 4.64. The largest absolute Gasteiger partial charge is 0.456 e. The minimum atomic E-state index is -0.0468. The van der Waals surface area contributed by atoms with Gasteiger partial charge in [-0.15, -0.1) is 0 Å². The van der Waals surface area contributed by atoms with Crippen molar-refractivity contribution in [3.8, 4) is 11.5 Å². The van der Waals surface area contributed by atoms with E-state index in [4.69, 9.17) is 4.74 Å². The number of allylic oxidation sites excluding steroid dienone is 2. The molecule has 0 saturated carbocycles. The Labute approximate surface area is 204 Å². The van der Waals surface area contributed by atoms with Gasteiger partial charge in [0, 0.05) is 36.3 Å². The smallest absolute Gasteiger partial charge is 0.246 e. The van der Waals surface area contributed by atoms with E-state index in [0.29, 0.717) is 29.5 Å². The van der Waals surface area contributed by atoms with E-state index in [0.717, 1.165) is 35.2 Å². The zero-order valence-corrected chi connectivity index (χ0v) is 20.3. The van der Waals surface area contributed by atoms with Crippen LogP contribution in [-0.4, -0.2) is 45.1 Å². The summed E-state index contributed by atoms with van der Waals surface area (Å²) in [7, 11) is 0. The molecule has 1 atom stereocenters. The maximum Gasteiger partial charge on any atom is 0.246 e. The molecule has 0 bridgehead atoms. The summed E-state index contributed by atoms with van der Waals surface area (Å²) >= 11 is 1.65. The fourth-order valence-electron chi connectivity index (χ4n) is 3.88. The van der Waals surface area contributed by atoms with Crippen molar-refractivity contribution < 1.29 is 9.53 Å². The molecular weight excluding hydrogens is 446 g/mol. The SMILES string of the molecule is C=CC(=O)N1CCCC(Nc2n[nH]c3nccc(Oc4ccc(C(=C)S/C(C)=C\C)cc4)c23)C1. The molecule has 2 N–H and O–H groups in total. The van der Waals surface area contributed by atoms with Crippen LogP contribution in [0.5, 0.6) is 11.5 Å². The Bertz CT molecular complexity index is 1230. The Morgan fingerprint density at radius 2 is 2.12 bits per heavy atom. The highest BCUT2D eigenvalue weighted by atomic mass is 32.2. The fraction of sp³-hybridized carbons (Fsp3) is 0.269. The van der Waals surface area contributed by atoms with Crippen LogP contribution in [0.25, 0.3) is 15.9 Å². The standard InChI is InChI=1S/C26H29N5O2S/c1-5-17(3)34-18(4)19-9-11-21(12-10-19)33-22-13-14-27-25-24(22)26(30-29-25)28-20-8-7-15-31(16-20)23(32)6-2/h5-6,9-14,20H,2,4,7-8,15-16H2,1,3H3,(H2,27,28,29,30)/b17-5-. The molecule has 3 aromatic rings. The zero-order valence-electron chi connectivity index (χ0n) is 19.5. The molecule has 176 valence electrons. The number of hydrogen-bond donors (Lipinski definition) is 2. The van der Waals surface area contributed by atoms with Crippen LogP contribution in [0, 0.1) is 0 Å². The van der Waals surface area contributed by atoms with Gasteiger partial charge in [-0.05, 0) is 55.4 Å². The second-order valence-corrected chi connectivity index (χ2v) is 9.47. The summed E-state index contributed by atoms with van der Waals surface area (Å²) in [5.41, 5.74) is 1.69. The molecule has 0 aliphatic carbocycles. The van der Waals surface area contributed by atoms with E-state index in [9.17, 15) is 4.79 Å². The van der Waals surface area contributed by atoms with Crippen molar-refractivity contribution in [1.82, 2.24) is 20.1 Å². The molecule has 1 saturated heterocycles. The molecule has 0 radical (unpaired) electrons. The van der Waals surface area contributed by atoms with E-state index in [1.807, 2.05) is 42.2 Å². The van der Waals surface area contributed by atoms with Crippen molar-refractivity contribution in [3.63, 3.8) is 0 Å². The van der Waals surface area contributed by atoms with Crippen LogP contribution < -0.4 is 10.1 Å². The van der Waals surface area contributed by atoms with Crippen molar-refractivity contribution in [2.75, 3.05) is 18.4 Å². The number of ether oxygens (including phenoxy) is 1. The predicted octanol–water partition coefficient (Wildman–Crippen LogP) is 5.97. The first-order valence-corrected chi connectivity index (χ1v) is 12.1. The van der Waals surface area contributed by atoms with E-state index in [1.54, 1.807) is 18.0 Å². The van der Waals surface area contributed by atoms with E-state index in [2.05, 4.69) is 46.7 Å². The lowest BCUT2D eigenvalue weighted by molar-refractivity contribution is -0.127. The van der Waals surface area contributed by atoms with Gasteiger partial charge in [-0.3, -0.25) is 9.89 Å². The Morgan fingerprint density at radius 3 is 2.85 bits per heavy atom. The number of anilines is 1. The lowest BCUT2D eigenvalue weighted by Crippen LogP contribution is -2.44. The molecular formula is C26H29N5O2S. The van der Waals surface area contributed by atoms with Crippen LogP contribution in [0.15, 0.2) is 66.7 Å². The Kier molecular flexibility index (Phi) is 7.37. The number of aromatic amines is 1. The van der Waals surface area contributed by atoms with Crippen LogP contribution in [-0.2, 0) is 4.79 Å². The first kappa shape index (κ1) is 23.6. The number of H-pyrrole nitrogens is 1. The number of pyridine rings is 1. The van der Waals surface area contributed by atoms with Crippen molar-refractivity contribution in [3.05, 3.63) is 72.3 Å². The topological polar surface area (TPSA) is 83.1 Å². The van der Waals surface area contributed by atoms with Gasteiger partial charge in [0.2, 0.25) is 5.91 Å². The molecule has 1 fully saturated rings. The third-order valence-corrected chi connectivity index (χ3v) is 6.81. The summed E-state index contributed by atoms with van der Waals surface area (Å²) in [5, 5.41) is 11.7. The Hall–Kier alpha value is -3.52. The van der Waals surface area contributed by atoms with Crippen molar-refractivity contribution in [2.45, 2.75) is 32.7 Å². The Morgan fingerprint density at radius 1 is 1.32 bits per heavy atom. The number of benzene rings is 1. The second-order valence-electron chi connectivity index (χ2n) is 8.13. The number of amides is 1. The molecule has 1 unspecified atom stereocenters. The summed E-state index contributed by atoms with van der Waals surface area (Å²) in [6.07, 6.45) is 6.99. The van der Waals surface area contributed by atoms with Gasteiger partial charge in [-0.1, -0.05) is 43.1 Å². The summed E-state index contributed by atoms with van der Waals surface area (Å²) in [6.45, 7) is 13.2. The minimum absolute atomic E-state index is 0.0468. The number of hydrogen-bond acceptors (Lipinski definition) is 6. The lowest BCUT2D eigenvalue weighted by Gasteiger charge is -2.32. The molecule has 1 aliphatic rings. The molecule has 3 heterocycles. The van der Waals surface area contributed by atoms with E-state index < -0.39 is 0 Å². The molecule has 7 nitrogen and oxygen atoms in total. The highest BCUT2D eigenvalue weighted by Crippen LogP contribution is 2.35. The van der Waals surface area contributed by atoms with Crippen LogP contribution in [0.4, 0.5) is 5.82 Å². The molecule has 1 amide bonds. The van der Waals surface area contributed by atoms with Gasteiger partial charge in [0.25, 0.3) is 0 Å². The Balaban J connectivity index is 1.52. The number of nitrogens with one attached hydrogen (secondary N) is 2. The van der Waals surface area contributed by atoms with Gasteiger partial charge >= 0.3 is 0 Å². The molecule has 1 aliphatic heterocycles. The molecule has 4 rings (SSSR count). The summed E-state index contributed by atoms with van der Waals surface area (Å²) in [4.78, 5) is 20.4. The van der Waals surface area contributed by atoms with E-state index >= 15 is 0 Å². The van der Waals surface area contributed by atoms with Gasteiger partial charge in [-0.2, -0.15) is 5.10 Å². The number of thioether (sulfide) groups is 1. The summed E-state index contributed by atoms with van der Waals surface area (Å²) < 4.78 is 6.23. The molecule has 1 aromatic carbocycles. The number of carbonyl (C=O) groups is 1. The molecule has 34 heavy (non-hydrogen) atoms. The highest BCUT2D eigenvalue weighted by Gasteiger charge is 2.24.